The van der Waals surface area contributed by atoms with Crippen molar-refractivity contribution in [3.05, 3.63) is 47.6 Å². The Labute approximate surface area is 389 Å². The second-order valence-electron chi connectivity index (χ2n) is 19.8. The van der Waals surface area contributed by atoms with Crippen LogP contribution in [0.5, 0.6) is 0 Å². The molecular weight excluding hydrogens is 831 g/mol. The van der Waals surface area contributed by atoms with E-state index in [-0.39, 0.29) is 72.3 Å². The van der Waals surface area contributed by atoms with E-state index in [4.69, 9.17) is 28.4 Å². The molecule has 0 aromatic heterocycles. The molecule has 4 aliphatic rings. The molecule has 2 saturated heterocycles. The monoisotopic (exact) mass is 914 g/mol. The summed E-state index contributed by atoms with van der Waals surface area (Å²) in [6.07, 6.45) is 14.1. The lowest BCUT2D eigenvalue weighted by Gasteiger charge is -2.46. The molecule has 1 unspecified atom stereocenters. The van der Waals surface area contributed by atoms with Crippen molar-refractivity contribution in [2.75, 3.05) is 35.0 Å². The fraction of sp³-hybridized carbons (Fsp3) is 0.769. The standard InChI is InChI=1S/C52H83NO12/c1-32-17-13-12-14-18-33(2)44(60-8)29-40-22-20-38(7)52(63-11,65-40)31-47(56)53-24-16-15-19-41(53)51(59)64-45(35(4)27-39-21-23-42(54)46(28-39)61-9)30-43(55)34(3)26-37(6)49(58)50(62-10)48(57)36(5)25-32/h12-14,17-18,26,32,34-36,38-42,44-46,49-50,54,58H,15-16,19-25,27-31H2,1-11H3/b14-12+,17-13+,33-18+,37-26+/t32-,34-,35-,36-,38-,39+,40?,41+,42-,44+,45+,46-,49-,50+,52+/m1/s1. The molecule has 65 heavy (non-hydrogen) atoms. The molecule has 2 bridgehead atoms. The van der Waals surface area contributed by atoms with Gasteiger partial charge in [0.25, 0.3) is 0 Å². The molecule has 13 nitrogen and oxygen atoms in total. The van der Waals surface area contributed by atoms with Crippen molar-refractivity contribution < 1.29 is 57.8 Å². The third-order valence-corrected chi connectivity index (χ3v) is 14.9. The Bertz CT molecular complexity index is 1690. The highest BCUT2D eigenvalue weighted by Gasteiger charge is 2.48. The van der Waals surface area contributed by atoms with Gasteiger partial charge in [0.05, 0.1) is 30.8 Å². The molecule has 3 aliphatic heterocycles. The third kappa shape index (κ3) is 15.0. The topological polar surface area (TPSA) is 167 Å². The predicted molar refractivity (Wildman–Crippen MR) is 250 cm³/mol. The average Bonchev–Trinajstić information content (AvgIpc) is 3.28. The number of Topliss-reactive ketones (excluding diaryl/α,β-unsaturated/α-hetero) is 2. The molecular formula is C52H83NO12. The number of methoxy groups -OCH3 is 4. The number of esters is 1. The number of carbonyl (C=O) groups is 4. The first kappa shape index (κ1) is 54.6. The van der Waals surface area contributed by atoms with E-state index in [9.17, 15) is 29.4 Å². The summed E-state index contributed by atoms with van der Waals surface area (Å²) in [7, 11) is 6.26. The van der Waals surface area contributed by atoms with Crippen LogP contribution in [-0.4, -0.2) is 128 Å². The highest BCUT2D eigenvalue weighted by molar-refractivity contribution is 5.87. The van der Waals surface area contributed by atoms with Crippen molar-refractivity contribution in [1.82, 2.24) is 4.90 Å². The number of fused-ring (bicyclic) bond motifs is 3. The van der Waals surface area contributed by atoms with Crippen LogP contribution in [0.4, 0.5) is 0 Å². The van der Waals surface area contributed by atoms with Crippen LogP contribution < -0.4 is 0 Å². The number of amides is 1. The van der Waals surface area contributed by atoms with Crippen LogP contribution >= 0.6 is 0 Å². The maximum Gasteiger partial charge on any atom is 0.329 e. The van der Waals surface area contributed by atoms with Gasteiger partial charge in [-0.15, -0.1) is 0 Å². The lowest BCUT2D eigenvalue weighted by molar-refractivity contribution is -0.297. The molecule has 368 valence electrons. The van der Waals surface area contributed by atoms with Crippen LogP contribution in [0.2, 0.25) is 0 Å². The minimum atomic E-state index is -1.27. The van der Waals surface area contributed by atoms with Gasteiger partial charge in [0, 0.05) is 65.6 Å². The van der Waals surface area contributed by atoms with E-state index in [2.05, 4.69) is 0 Å². The minimum absolute atomic E-state index is 0.0606. The van der Waals surface area contributed by atoms with Gasteiger partial charge in [-0.25, -0.2) is 4.79 Å². The van der Waals surface area contributed by atoms with Crippen LogP contribution in [0.15, 0.2) is 47.6 Å². The number of carbonyl (C=O) groups excluding carboxylic acids is 4. The number of hydrogen-bond donors (Lipinski definition) is 2. The van der Waals surface area contributed by atoms with Gasteiger partial charge >= 0.3 is 5.97 Å². The normalized spacial score (nSPS) is 40.4. The van der Waals surface area contributed by atoms with Gasteiger partial charge in [0.1, 0.15) is 30.1 Å². The molecule has 0 aromatic carbocycles. The van der Waals surface area contributed by atoms with Gasteiger partial charge in [-0.3, -0.25) is 14.4 Å². The maximum atomic E-state index is 14.5. The molecule has 3 fully saturated rings. The van der Waals surface area contributed by atoms with Gasteiger partial charge in [-0.2, -0.15) is 0 Å². The Morgan fingerprint density at radius 1 is 0.846 bits per heavy atom. The van der Waals surface area contributed by atoms with Gasteiger partial charge < -0.3 is 43.5 Å². The molecule has 0 radical (unpaired) electrons. The fourth-order valence-corrected chi connectivity index (χ4v) is 10.5. The second kappa shape index (κ2) is 25.9. The Morgan fingerprint density at radius 2 is 1.58 bits per heavy atom. The van der Waals surface area contributed by atoms with E-state index in [0.29, 0.717) is 50.6 Å². The Hall–Kier alpha value is -3.04. The number of aliphatic hydroxyl groups excluding tert-OH is 2. The fourth-order valence-electron chi connectivity index (χ4n) is 10.5. The second-order valence-corrected chi connectivity index (χ2v) is 19.8. The van der Waals surface area contributed by atoms with Crippen LogP contribution in [0.3, 0.4) is 0 Å². The number of piperidine rings is 1. The van der Waals surface area contributed by atoms with Crippen LogP contribution in [-0.2, 0) is 47.6 Å². The van der Waals surface area contributed by atoms with Gasteiger partial charge in [-0.05, 0) is 107 Å². The maximum absolute atomic E-state index is 14.5. The Morgan fingerprint density at radius 3 is 2.26 bits per heavy atom. The zero-order valence-electron chi connectivity index (χ0n) is 41.4. The molecule has 13 heteroatoms. The average molecular weight is 914 g/mol. The first-order valence-electron chi connectivity index (χ1n) is 24.3. The van der Waals surface area contributed by atoms with Crippen molar-refractivity contribution >= 4 is 23.4 Å². The summed E-state index contributed by atoms with van der Waals surface area (Å²) < 4.78 is 36.4. The minimum Gasteiger partial charge on any atom is -0.460 e. The molecule has 1 aliphatic carbocycles. The van der Waals surface area contributed by atoms with E-state index in [1.807, 2.05) is 65.0 Å². The van der Waals surface area contributed by atoms with E-state index >= 15 is 0 Å². The summed E-state index contributed by atoms with van der Waals surface area (Å²) >= 11 is 0. The number of rotatable bonds is 7. The summed E-state index contributed by atoms with van der Waals surface area (Å²) in [4.78, 5) is 58.4. The highest BCUT2D eigenvalue weighted by atomic mass is 16.7. The highest BCUT2D eigenvalue weighted by Crippen LogP contribution is 2.41. The number of cyclic esters (lactones) is 1. The molecule has 4 rings (SSSR count). The van der Waals surface area contributed by atoms with E-state index in [1.165, 1.54) is 7.11 Å². The zero-order valence-corrected chi connectivity index (χ0v) is 41.4. The summed E-state index contributed by atoms with van der Waals surface area (Å²) in [5, 5.41) is 22.0. The summed E-state index contributed by atoms with van der Waals surface area (Å²) in [6.45, 7) is 13.7. The zero-order chi connectivity index (χ0) is 48.0. The van der Waals surface area contributed by atoms with Gasteiger partial charge in [0.15, 0.2) is 11.6 Å². The van der Waals surface area contributed by atoms with Crippen molar-refractivity contribution in [2.24, 2.45) is 35.5 Å². The van der Waals surface area contributed by atoms with Gasteiger partial charge in [-0.1, -0.05) is 71.1 Å². The Kier molecular flexibility index (Phi) is 21.8. The molecule has 1 saturated carbocycles. The van der Waals surface area contributed by atoms with Crippen molar-refractivity contribution in [3.8, 4) is 0 Å². The number of aliphatic hydroxyl groups is 2. The van der Waals surface area contributed by atoms with Crippen LogP contribution in [0.1, 0.15) is 132 Å². The smallest absolute Gasteiger partial charge is 0.329 e. The van der Waals surface area contributed by atoms with E-state index in [1.54, 1.807) is 46.2 Å². The Balaban J connectivity index is 1.69. The number of ether oxygens (including phenoxy) is 6. The molecule has 1 amide bonds. The molecule has 0 aromatic rings. The lowest BCUT2D eigenvalue weighted by Crippen LogP contribution is -2.55. The van der Waals surface area contributed by atoms with Gasteiger partial charge in [0.2, 0.25) is 5.91 Å². The first-order chi connectivity index (χ1) is 30.9. The number of nitrogens with zero attached hydrogens (tertiary/aromatic N) is 1. The third-order valence-electron chi connectivity index (χ3n) is 14.9. The number of ketones is 2. The molecule has 2 N–H and O–H groups in total. The van der Waals surface area contributed by atoms with Crippen molar-refractivity contribution in [1.29, 1.82) is 0 Å². The largest absolute Gasteiger partial charge is 0.460 e. The number of allylic oxidation sites excluding steroid dienone is 6. The summed E-state index contributed by atoms with van der Waals surface area (Å²) in [6, 6.07) is -0.847. The first-order valence-corrected chi connectivity index (χ1v) is 24.3. The van der Waals surface area contributed by atoms with Crippen LogP contribution in [0, 0.1) is 35.5 Å². The SMILES string of the molecule is CO[C@H]1CC2CC[C@@H](C)[C@](OC)(CC(=O)N3CCCC[C@H]3C(=O)O[C@H]([C@H](C)C[C@@H]3CC[C@@H](O)[C@H](OC)C3)CC(=O)[C@H](C)/C=C(\C)[C@@H](O)[C@@H](OC)C(=O)[C@H](C)C[C@H](C)/C=C/C=C/C=C/1C)O2. The van der Waals surface area contributed by atoms with E-state index in [0.717, 1.165) is 37.7 Å². The lowest BCUT2D eigenvalue weighted by atomic mass is 9.78. The van der Waals surface area contributed by atoms with Crippen molar-refractivity contribution in [2.45, 2.75) is 186 Å². The summed E-state index contributed by atoms with van der Waals surface area (Å²) in [5.74, 6) is -3.62. The van der Waals surface area contributed by atoms with E-state index < -0.39 is 54.0 Å². The molecule has 0 spiro atoms. The quantitative estimate of drug-likeness (QED) is 0.190. The van der Waals surface area contributed by atoms with Crippen molar-refractivity contribution in [3.63, 3.8) is 0 Å². The van der Waals surface area contributed by atoms with Crippen LogP contribution in [0.25, 0.3) is 0 Å². The predicted octanol–water partition coefficient (Wildman–Crippen LogP) is 7.66. The molecule has 15 atom stereocenters. The molecule has 3 heterocycles. The number of hydrogen-bond acceptors (Lipinski definition) is 12. The summed E-state index contributed by atoms with van der Waals surface area (Å²) in [5.41, 5.74) is 1.44.